The SMILES string of the molecule is Cc1cc(CN(C)O)c(C)s1. The van der Waals surface area contributed by atoms with Crippen LogP contribution in [0.5, 0.6) is 0 Å². The Balaban J connectivity index is 2.77. The first kappa shape index (κ1) is 8.71. The summed E-state index contributed by atoms with van der Waals surface area (Å²) in [7, 11) is 1.66. The Kier molecular flexibility index (Phi) is 2.65. The van der Waals surface area contributed by atoms with E-state index in [1.807, 2.05) is 0 Å². The summed E-state index contributed by atoms with van der Waals surface area (Å²) in [5, 5.41) is 10.2. The molecule has 0 unspecified atom stereocenters. The highest BCUT2D eigenvalue weighted by Gasteiger charge is 2.03. The van der Waals surface area contributed by atoms with Gasteiger partial charge in [0.25, 0.3) is 0 Å². The zero-order chi connectivity index (χ0) is 8.43. The molecule has 0 amide bonds. The topological polar surface area (TPSA) is 23.5 Å². The smallest absolute Gasteiger partial charge is 0.0496 e. The minimum Gasteiger partial charge on any atom is -0.314 e. The van der Waals surface area contributed by atoms with Crippen molar-refractivity contribution < 1.29 is 5.21 Å². The second-order valence-electron chi connectivity index (χ2n) is 2.75. The Hall–Kier alpha value is -0.380. The number of nitrogens with zero attached hydrogens (tertiary/aromatic N) is 1. The molecule has 0 bridgehead atoms. The number of hydroxylamine groups is 2. The van der Waals surface area contributed by atoms with Crippen molar-refractivity contribution in [2.24, 2.45) is 0 Å². The van der Waals surface area contributed by atoms with Crippen LogP contribution in [0.3, 0.4) is 0 Å². The van der Waals surface area contributed by atoms with Gasteiger partial charge in [0, 0.05) is 23.3 Å². The van der Waals surface area contributed by atoms with Gasteiger partial charge in [0.2, 0.25) is 0 Å². The monoisotopic (exact) mass is 171 g/mol. The number of thiophene rings is 1. The Labute approximate surface area is 71.0 Å². The maximum absolute atomic E-state index is 8.98. The molecule has 2 nitrogen and oxygen atoms in total. The van der Waals surface area contributed by atoms with Crippen molar-refractivity contribution in [1.82, 2.24) is 5.06 Å². The van der Waals surface area contributed by atoms with E-state index in [1.165, 1.54) is 20.4 Å². The van der Waals surface area contributed by atoms with Gasteiger partial charge in [0.05, 0.1) is 0 Å². The average Bonchev–Trinajstić information content (AvgIpc) is 2.09. The van der Waals surface area contributed by atoms with Crippen LogP contribution in [0.2, 0.25) is 0 Å². The molecule has 3 heteroatoms. The lowest BCUT2D eigenvalue weighted by Gasteiger charge is -2.06. The van der Waals surface area contributed by atoms with Crippen LogP contribution in [0.1, 0.15) is 15.3 Å². The molecule has 0 aliphatic heterocycles. The normalized spacial score (nSPS) is 11.0. The number of hydrogen-bond donors (Lipinski definition) is 1. The second kappa shape index (κ2) is 3.34. The lowest BCUT2D eigenvalue weighted by atomic mass is 10.2. The van der Waals surface area contributed by atoms with Gasteiger partial charge in [0.15, 0.2) is 0 Å². The van der Waals surface area contributed by atoms with Crippen molar-refractivity contribution in [2.45, 2.75) is 20.4 Å². The molecule has 62 valence electrons. The first-order chi connectivity index (χ1) is 5.09. The maximum atomic E-state index is 8.98. The third-order valence-electron chi connectivity index (χ3n) is 1.54. The van der Waals surface area contributed by atoms with Gasteiger partial charge in [-0.2, -0.15) is 5.06 Å². The summed E-state index contributed by atoms with van der Waals surface area (Å²) >= 11 is 1.77. The van der Waals surface area contributed by atoms with E-state index in [4.69, 9.17) is 5.21 Å². The molecule has 1 rings (SSSR count). The molecule has 0 saturated carbocycles. The fourth-order valence-electron chi connectivity index (χ4n) is 1.09. The highest BCUT2D eigenvalue weighted by Crippen LogP contribution is 2.20. The van der Waals surface area contributed by atoms with Crippen molar-refractivity contribution in [3.63, 3.8) is 0 Å². The first-order valence-corrected chi connectivity index (χ1v) is 4.37. The van der Waals surface area contributed by atoms with E-state index in [9.17, 15) is 0 Å². The highest BCUT2D eigenvalue weighted by atomic mass is 32.1. The summed E-state index contributed by atoms with van der Waals surface area (Å²) < 4.78 is 0. The molecule has 0 spiro atoms. The fraction of sp³-hybridized carbons (Fsp3) is 0.500. The van der Waals surface area contributed by atoms with E-state index in [-0.39, 0.29) is 0 Å². The minimum absolute atomic E-state index is 0.621. The van der Waals surface area contributed by atoms with Gasteiger partial charge >= 0.3 is 0 Å². The zero-order valence-electron chi connectivity index (χ0n) is 7.09. The number of rotatable bonds is 2. The lowest BCUT2D eigenvalue weighted by molar-refractivity contribution is -0.0731. The summed E-state index contributed by atoms with van der Waals surface area (Å²) in [6, 6.07) is 2.12. The molecule has 0 aliphatic rings. The van der Waals surface area contributed by atoms with Crippen LogP contribution < -0.4 is 0 Å². The summed E-state index contributed by atoms with van der Waals surface area (Å²) in [6.45, 7) is 4.78. The third kappa shape index (κ3) is 2.29. The molecule has 0 radical (unpaired) electrons. The Morgan fingerprint density at radius 2 is 2.18 bits per heavy atom. The van der Waals surface area contributed by atoms with Crippen molar-refractivity contribution in [3.05, 3.63) is 21.4 Å². The van der Waals surface area contributed by atoms with Crippen molar-refractivity contribution >= 4 is 11.3 Å². The van der Waals surface area contributed by atoms with E-state index in [1.54, 1.807) is 18.4 Å². The molecular weight excluding hydrogens is 158 g/mol. The van der Waals surface area contributed by atoms with Crippen molar-refractivity contribution in [2.75, 3.05) is 7.05 Å². The van der Waals surface area contributed by atoms with Crippen LogP contribution in [0, 0.1) is 13.8 Å². The predicted molar refractivity (Wildman–Crippen MR) is 47.0 cm³/mol. The molecule has 0 saturated heterocycles. The summed E-state index contributed by atoms with van der Waals surface area (Å²) in [4.78, 5) is 2.60. The molecule has 0 aliphatic carbocycles. The van der Waals surface area contributed by atoms with E-state index in [2.05, 4.69) is 19.9 Å². The van der Waals surface area contributed by atoms with Crippen molar-refractivity contribution in [1.29, 1.82) is 0 Å². The van der Waals surface area contributed by atoms with Gasteiger partial charge in [0.1, 0.15) is 0 Å². The molecule has 0 fully saturated rings. The minimum atomic E-state index is 0.621. The summed E-state index contributed by atoms with van der Waals surface area (Å²) in [5.74, 6) is 0. The van der Waals surface area contributed by atoms with Gasteiger partial charge < -0.3 is 5.21 Å². The Bertz CT molecular complexity index is 242. The van der Waals surface area contributed by atoms with Crippen LogP contribution in [0.25, 0.3) is 0 Å². The summed E-state index contributed by atoms with van der Waals surface area (Å²) in [6.07, 6.45) is 0. The molecule has 1 aromatic rings. The van der Waals surface area contributed by atoms with Crippen LogP contribution >= 0.6 is 11.3 Å². The van der Waals surface area contributed by atoms with Gasteiger partial charge in [-0.15, -0.1) is 11.3 Å². The quantitative estimate of drug-likeness (QED) is 0.689. The average molecular weight is 171 g/mol. The molecule has 1 aromatic heterocycles. The molecule has 11 heavy (non-hydrogen) atoms. The third-order valence-corrected chi connectivity index (χ3v) is 2.55. The standard InChI is InChI=1S/C8H13NOS/c1-6-4-8(5-9(3)10)7(2)11-6/h4,10H,5H2,1-3H3. The predicted octanol–water partition coefficient (Wildman–Crippen LogP) is 2.19. The largest absolute Gasteiger partial charge is 0.314 e. The maximum Gasteiger partial charge on any atom is 0.0496 e. The molecule has 1 heterocycles. The number of hydrogen-bond acceptors (Lipinski definition) is 3. The van der Waals surface area contributed by atoms with E-state index < -0.39 is 0 Å². The van der Waals surface area contributed by atoms with Gasteiger partial charge in [-0.25, -0.2) is 0 Å². The lowest BCUT2D eigenvalue weighted by Crippen LogP contribution is -2.11. The van der Waals surface area contributed by atoms with Crippen molar-refractivity contribution in [3.8, 4) is 0 Å². The molecular formula is C8H13NOS. The zero-order valence-corrected chi connectivity index (χ0v) is 7.90. The van der Waals surface area contributed by atoms with Gasteiger partial charge in [-0.3, -0.25) is 0 Å². The molecule has 0 aromatic carbocycles. The van der Waals surface area contributed by atoms with E-state index in [0.29, 0.717) is 6.54 Å². The fourth-order valence-corrected chi connectivity index (χ4v) is 2.03. The first-order valence-electron chi connectivity index (χ1n) is 3.55. The van der Waals surface area contributed by atoms with E-state index >= 15 is 0 Å². The second-order valence-corrected chi connectivity index (χ2v) is 4.21. The highest BCUT2D eigenvalue weighted by molar-refractivity contribution is 7.12. The van der Waals surface area contributed by atoms with Crippen LogP contribution in [-0.2, 0) is 6.54 Å². The number of aryl methyl sites for hydroxylation is 2. The van der Waals surface area contributed by atoms with Gasteiger partial charge in [-0.1, -0.05) is 0 Å². The van der Waals surface area contributed by atoms with E-state index in [0.717, 1.165) is 0 Å². The summed E-state index contributed by atoms with van der Waals surface area (Å²) in [5.41, 5.74) is 1.22. The van der Waals surface area contributed by atoms with Crippen LogP contribution in [-0.4, -0.2) is 17.3 Å². The molecule has 1 N–H and O–H groups in total. The van der Waals surface area contributed by atoms with Crippen LogP contribution in [0.4, 0.5) is 0 Å². The molecule has 0 atom stereocenters. The Morgan fingerprint density at radius 1 is 1.55 bits per heavy atom. The van der Waals surface area contributed by atoms with Crippen LogP contribution in [0.15, 0.2) is 6.07 Å². The van der Waals surface area contributed by atoms with Gasteiger partial charge in [-0.05, 0) is 25.5 Å². The Morgan fingerprint density at radius 3 is 2.55 bits per heavy atom.